The summed E-state index contributed by atoms with van der Waals surface area (Å²) in [5.41, 5.74) is 6.36. The minimum atomic E-state index is -0.468. The lowest BCUT2D eigenvalue weighted by molar-refractivity contribution is 0.0601. The molecule has 0 aliphatic carbocycles. The second-order valence-electron chi connectivity index (χ2n) is 3.44. The predicted molar refractivity (Wildman–Crippen MR) is 64.2 cm³/mol. The zero-order valence-corrected chi connectivity index (χ0v) is 10.1. The molecular weight excluding hydrogens is 222 g/mol. The summed E-state index contributed by atoms with van der Waals surface area (Å²) in [4.78, 5) is 11.4. The molecule has 1 aromatic carbocycles. The summed E-state index contributed by atoms with van der Waals surface area (Å²) in [6.07, 6.45) is 0.786. The van der Waals surface area contributed by atoms with E-state index in [0.29, 0.717) is 30.2 Å². The summed E-state index contributed by atoms with van der Waals surface area (Å²) in [7, 11) is 2.95. The van der Waals surface area contributed by atoms with Gasteiger partial charge < -0.3 is 19.9 Å². The third kappa shape index (κ3) is 3.96. The van der Waals surface area contributed by atoms with E-state index < -0.39 is 5.97 Å². The number of carbonyl (C=O) groups is 1. The van der Waals surface area contributed by atoms with E-state index in [-0.39, 0.29) is 0 Å². The number of carbonyl (C=O) groups excluding carboxylic acids is 1. The molecule has 0 saturated carbocycles. The number of anilines is 1. The van der Waals surface area contributed by atoms with Gasteiger partial charge in [0.25, 0.3) is 0 Å². The third-order valence-corrected chi connectivity index (χ3v) is 2.19. The molecule has 0 aliphatic rings. The lowest BCUT2D eigenvalue weighted by Crippen LogP contribution is -2.07. The number of nitrogens with two attached hydrogens (primary N) is 1. The minimum absolute atomic E-state index is 0.316. The van der Waals surface area contributed by atoms with E-state index in [1.807, 2.05) is 0 Å². The maximum atomic E-state index is 11.4. The Morgan fingerprint density at radius 3 is 2.71 bits per heavy atom. The van der Waals surface area contributed by atoms with Crippen molar-refractivity contribution in [3.05, 3.63) is 23.8 Å². The highest BCUT2D eigenvalue weighted by Crippen LogP contribution is 2.20. The fraction of sp³-hybridized carbons (Fsp3) is 0.417. The van der Waals surface area contributed by atoms with Crippen molar-refractivity contribution < 1.29 is 19.0 Å². The van der Waals surface area contributed by atoms with Crippen LogP contribution >= 0.6 is 0 Å². The molecule has 0 fully saturated rings. The molecule has 0 aliphatic heterocycles. The van der Waals surface area contributed by atoms with Crippen LogP contribution in [0.5, 0.6) is 5.75 Å². The number of esters is 1. The van der Waals surface area contributed by atoms with Gasteiger partial charge in [-0.25, -0.2) is 4.79 Å². The molecule has 1 rings (SSSR count). The van der Waals surface area contributed by atoms with Gasteiger partial charge in [0.15, 0.2) is 0 Å². The summed E-state index contributed by atoms with van der Waals surface area (Å²) in [6.45, 7) is 1.16. The predicted octanol–water partition coefficient (Wildman–Crippen LogP) is 1.47. The van der Waals surface area contributed by atoms with E-state index in [1.165, 1.54) is 7.11 Å². The first kappa shape index (κ1) is 13.3. The molecule has 0 amide bonds. The molecule has 0 saturated heterocycles. The SMILES string of the molecule is COCCCOc1ccc(N)c(C(=O)OC)c1. The number of ether oxygens (including phenoxy) is 3. The highest BCUT2D eigenvalue weighted by Gasteiger charge is 2.10. The van der Waals surface area contributed by atoms with Crippen molar-refractivity contribution in [2.24, 2.45) is 0 Å². The van der Waals surface area contributed by atoms with Crippen LogP contribution in [0, 0.1) is 0 Å². The molecule has 0 heterocycles. The molecule has 2 N–H and O–H groups in total. The van der Waals surface area contributed by atoms with Crippen molar-refractivity contribution in [1.29, 1.82) is 0 Å². The molecule has 0 spiro atoms. The number of nitrogen functional groups attached to an aromatic ring is 1. The fourth-order valence-corrected chi connectivity index (χ4v) is 1.31. The van der Waals surface area contributed by atoms with Crippen LogP contribution in [-0.2, 0) is 9.47 Å². The van der Waals surface area contributed by atoms with Gasteiger partial charge in [0, 0.05) is 25.8 Å². The van der Waals surface area contributed by atoms with Crippen molar-refractivity contribution in [1.82, 2.24) is 0 Å². The van der Waals surface area contributed by atoms with Gasteiger partial charge in [0.2, 0.25) is 0 Å². The van der Waals surface area contributed by atoms with Gasteiger partial charge in [-0.3, -0.25) is 0 Å². The Hall–Kier alpha value is -1.75. The number of hydrogen-bond donors (Lipinski definition) is 1. The standard InChI is InChI=1S/C12H17NO4/c1-15-6-3-7-17-9-4-5-11(13)10(8-9)12(14)16-2/h4-5,8H,3,6-7,13H2,1-2H3. The summed E-state index contributed by atoms with van der Waals surface area (Å²) in [5, 5.41) is 0. The Balaban J connectivity index is 2.65. The van der Waals surface area contributed by atoms with E-state index >= 15 is 0 Å². The second-order valence-corrected chi connectivity index (χ2v) is 3.44. The maximum Gasteiger partial charge on any atom is 0.340 e. The van der Waals surface area contributed by atoms with E-state index in [9.17, 15) is 4.79 Å². The summed E-state index contributed by atoms with van der Waals surface area (Å²) in [6, 6.07) is 4.92. The Bertz CT molecular complexity index is 379. The van der Waals surface area contributed by atoms with E-state index in [4.69, 9.17) is 15.2 Å². The molecule has 0 atom stereocenters. The summed E-state index contributed by atoms with van der Waals surface area (Å²) >= 11 is 0. The topological polar surface area (TPSA) is 70.8 Å². The van der Waals surface area contributed by atoms with E-state index in [1.54, 1.807) is 25.3 Å². The van der Waals surface area contributed by atoms with Crippen LogP contribution in [0.3, 0.4) is 0 Å². The molecule has 5 heteroatoms. The van der Waals surface area contributed by atoms with Crippen LogP contribution in [0.25, 0.3) is 0 Å². The molecule has 0 aromatic heterocycles. The van der Waals surface area contributed by atoms with Crippen molar-refractivity contribution >= 4 is 11.7 Å². The van der Waals surface area contributed by atoms with Gasteiger partial charge in [0.1, 0.15) is 5.75 Å². The fourth-order valence-electron chi connectivity index (χ4n) is 1.31. The number of hydrogen-bond acceptors (Lipinski definition) is 5. The molecular formula is C12H17NO4. The van der Waals surface area contributed by atoms with Gasteiger partial charge in [-0.05, 0) is 18.2 Å². The number of benzene rings is 1. The van der Waals surface area contributed by atoms with Crippen molar-refractivity contribution in [3.8, 4) is 5.75 Å². The van der Waals surface area contributed by atoms with Crippen LogP contribution in [0.1, 0.15) is 16.8 Å². The van der Waals surface area contributed by atoms with Crippen LogP contribution in [0.2, 0.25) is 0 Å². The third-order valence-electron chi connectivity index (χ3n) is 2.19. The number of rotatable bonds is 6. The summed E-state index contributed by atoms with van der Waals surface area (Å²) in [5.74, 6) is 0.126. The smallest absolute Gasteiger partial charge is 0.340 e. The lowest BCUT2D eigenvalue weighted by atomic mass is 10.2. The highest BCUT2D eigenvalue weighted by atomic mass is 16.5. The lowest BCUT2D eigenvalue weighted by Gasteiger charge is -2.09. The van der Waals surface area contributed by atoms with Crippen LogP contribution in [-0.4, -0.2) is 33.4 Å². The average Bonchev–Trinajstić information content (AvgIpc) is 2.35. The largest absolute Gasteiger partial charge is 0.493 e. The van der Waals surface area contributed by atoms with Crippen molar-refractivity contribution in [2.45, 2.75) is 6.42 Å². The average molecular weight is 239 g/mol. The van der Waals surface area contributed by atoms with Gasteiger partial charge in [-0.1, -0.05) is 0 Å². The Morgan fingerprint density at radius 1 is 1.29 bits per heavy atom. The number of methoxy groups -OCH3 is 2. The first-order valence-electron chi connectivity index (χ1n) is 5.28. The van der Waals surface area contributed by atoms with Gasteiger partial charge in [-0.15, -0.1) is 0 Å². The van der Waals surface area contributed by atoms with Crippen molar-refractivity contribution in [2.75, 3.05) is 33.2 Å². The molecule has 1 aromatic rings. The molecule has 94 valence electrons. The second kappa shape index (κ2) is 6.75. The Morgan fingerprint density at radius 2 is 2.06 bits per heavy atom. The zero-order valence-electron chi connectivity index (χ0n) is 10.1. The molecule has 0 radical (unpaired) electrons. The molecule has 5 nitrogen and oxygen atoms in total. The minimum Gasteiger partial charge on any atom is -0.493 e. The normalized spacial score (nSPS) is 10.0. The Kier molecular flexibility index (Phi) is 5.29. The molecule has 17 heavy (non-hydrogen) atoms. The summed E-state index contributed by atoms with van der Waals surface area (Å²) < 4.78 is 15.0. The van der Waals surface area contributed by atoms with Crippen LogP contribution in [0.15, 0.2) is 18.2 Å². The monoisotopic (exact) mass is 239 g/mol. The van der Waals surface area contributed by atoms with Gasteiger partial charge >= 0.3 is 5.97 Å². The maximum absolute atomic E-state index is 11.4. The quantitative estimate of drug-likeness (QED) is 0.462. The first-order valence-corrected chi connectivity index (χ1v) is 5.28. The van der Waals surface area contributed by atoms with Crippen LogP contribution in [0.4, 0.5) is 5.69 Å². The van der Waals surface area contributed by atoms with Gasteiger partial charge in [-0.2, -0.15) is 0 Å². The van der Waals surface area contributed by atoms with Gasteiger partial charge in [0.05, 0.1) is 19.3 Å². The zero-order chi connectivity index (χ0) is 12.7. The van der Waals surface area contributed by atoms with Crippen LogP contribution < -0.4 is 10.5 Å². The van der Waals surface area contributed by atoms with E-state index in [0.717, 1.165) is 6.42 Å². The van der Waals surface area contributed by atoms with Crippen molar-refractivity contribution in [3.63, 3.8) is 0 Å². The Labute approximate surface area is 100 Å². The van der Waals surface area contributed by atoms with E-state index in [2.05, 4.69) is 4.74 Å². The first-order chi connectivity index (χ1) is 8.19. The molecule has 0 unspecified atom stereocenters. The highest BCUT2D eigenvalue weighted by molar-refractivity contribution is 5.95. The molecule has 0 bridgehead atoms.